The second-order valence-electron chi connectivity index (χ2n) is 9.37. The number of nitrogens with zero attached hydrogens (tertiary/aromatic N) is 3. The smallest absolute Gasteiger partial charge is 0.140 e. The van der Waals surface area contributed by atoms with Crippen LogP contribution in [0.3, 0.4) is 0 Å². The van der Waals surface area contributed by atoms with E-state index in [1.807, 2.05) is 36.4 Å². The Morgan fingerprint density at radius 1 is 0.730 bits per heavy atom. The maximum Gasteiger partial charge on any atom is 0.140 e. The SMILES string of the molecule is CCCCN(Cc1c(Cl)cccc1Cl)Cc1c(-c2ccc(Cl)cc2)nc(-c2ccccc2)n1CCCC. The fourth-order valence-corrected chi connectivity index (χ4v) is 5.21. The first-order valence-corrected chi connectivity index (χ1v) is 14.2. The van der Waals surface area contributed by atoms with Crippen molar-refractivity contribution in [1.82, 2.24) is 14.5 Å². The molecule has 3 nitrogen and oxygen atoms in total. The molecule has 194 valence electrons. The topological polar surface area (TPSA) is 21.1 Å². The Labute approximate surface area is 236 Å². The van der Waals surface area contributed by atoms with Crippen molar-refractivity contribution in [2.45, 2.75) is 59.2 Å². The Morgan fingerprint density at radius 3 is 2.05 bits per heavy atom. The Kier molecular flexibility index (Phi) is 10.1. The number of unbranched alkanes of at least 4 members (excludes halogenated alkanes) is 2. The molecular weight excluding hydrogens is 521 g/mol. The van der Waals surface area contributed by atoms with Crippen LogP contribution < -0.4 is 0 Å². The van der Waals surface area contributed by atoms with Crippen LogP contribution in [0.1, 0.15) is 50.8 Å². The minimum atomic E-state index is 0.679. The van der Waals surface area contributed by atoms with E-state index in [0.29, 0.717) is 16.6 Å². The highest BCUT2D eigenvalue weighted by atomic mass is 35.5. The first-order chi connectivity index (χ1) is 18.0. The lowest BCUT2D eigenvalue weighted by Gasteiger charge is -2.25. The zero-order chi connectivity index (χ0) is 26.2. The van der Waals surface area contributed by atoms with Gasteiger partial charge in [0.2, 0.25) is 0 Å². The van der Waals surface area contributed by atoms with Crippen LogP contribution >= 0.6 is 34.8 Å². The summed E-state index contributed by atoms with van der Waals surface area (Å²) in [6.07, 6.45) is 4.39. The Hall–Kier alpha value is -2.30. The van der Waals surface area contributed by atoms with Gasteiger partial charge < -0.3 is 4.57 Å². The first-order valence-electron chi connectivity index (χ1n) is 13.1. The minimum absolute atomic E-state index is 0.679. The summed E-state index contributed by atoms with van der Waals surface area (Å²) in [6.45, 7) is 7.72. The highest BCUT2D eigenvalue weighted by Crippen LogP contribution is 2.33. The van der Waals surface area contributed by atoms with Crippen LogP contribution in [0.15, 0.2) is 72.8 Å². The molecule has 4 rings (SSSR count). The summed E-state index contributed by atoms with van der Waals surface area (Å²) in [6, 6.07) is 24.2. The van der Waals surface area contributed by atoms with Gasteiger partial charge in [0.15, 0.2) is 0 Å². The van der Waals surface area contributed by atoms with E-state index in [4.69, 9.17) is 39.8 Å². The first kappa shape index (κ1) is 27.7. The van der Waals surface area contributed by atoms with Gasteiger partial charge in [-0.05, 0) is 43.7 Å². The maximum atomic E-state index is 6.60. The Bertz CT molecular complexity index is 1260. The number of halogens is 3. The van der Waals surface area contributed by atoms with Gasteiger partial charge in [-0.15, -0.1) is 0 Å². The molecule has 0 bridgehead atoms. The van der Waals surface area contributed by atoms with E-state index in [0.717, 1.165) is 78.5 Å². The third-order valence-electron chi connectivity index (χ3n) is 6.60. The zero-order valence-corrected chi connectivity index (χ0v) is 23.8. The number of hydrogen-bond acceptors (Lipinski definition) is 2. The number of hydrogen-bond donors (Lipinski definition) is 0. The summed E-state index contributed by atoms with van der Waals surface area (Å²) >= 11 is 19.4. The summed E-state index contributed by atoms with van der Waals surface area (Å²) < 4.78 is 2.41. The van der Waals surface area contributed by atoms with Gasteiger partial charge >= 0.3 is 0 Å². The standard InChI is InChI=1S/C31H34Cl3N3/c1-3-5-19-36(21-26-27(33)13-10-14-28(26)34)22-29-30(23-15-17-25(32)18-16-23)35-31(37(29)20-6-4-2)24-11-8-7-9-12-24/h7-18H,3-6,19-22H2,1-2H3. The molecule has 0 saturated heterocycles. The quantitative estimate of drug-likeness (QED) is 0.174. The van der Waals surface area contributed by atoms with E-state index in [-0.39, 0.29) is 0 Å². The number of benzene rings is 3. The van der Waals surface area contributed by atoms with Crippen LogP contribution in [0.5, 0.6) is 0 Å². The molecule has 0 N–H and O–H groups in total. The molecule has 0 amide bonds. The molecule has 37 heavy (non-hydrogen) atoms. The van der Waals surface area contributed by atoms with Crippen LogP contribution in [0.4, 0.5) is 0 Å². The summed E-state index contributed by atoms with van der Waals surface area (Å²) in [5.74, 6) is 1.00. The van der Waals surface area contributed by atoms with Crippen LogP contribution in [0.25, 0.3) is 22.6 Å². The van der Waals surface area contributed by atoms with Gasteiger partial charge in [-0.25, -0.2) is 4.98 Å². The van der Waals surface area contributed by atoms with Crippen LogP contribution in [0, 0.1) is 0 Å². The summed E-state index contributed by atoms with van der Waals surface area (Å²) in [7, 11) is 0. The van der Waals surface area contributed by atoms with Gasteiger partial charge in [-0.2, -0.15) is 0 Å². The minimum Gasteiger partial charge on any atom is -0.326 e. The number of rotatable bonds is 12. The predicted molar refractivity (Wildman–Crippen MR) is 159 cm³/mol. The van der Waals surface area contributed by atoms with E-state index in [1.54, 1.807) is 0 Å². The predicted octanol–water partition coefficient (Wildman–Crippen LogP) is 9.78. The molecule has 4 aromatic rings. The maximum absolute atomic E-state index is 6.60. The van der Waals surface area contributed by atoms with E-state index in [2.05, 4.69) is 59.7 Å². The third-order valence-corrected chi connectivity index (χ3v) is 7.56. The van der Waals surface area contributed by atoms with Crippen molar-refractivity contribution in [2.24, 2.45) is 0 Å². The fraction of sp³-hybridized carbons (Fsp3) is 0.323. The van der Waals surface area contributed by atoms with Crippen molar-refractivity contribution < 1.29 is 0 Å². The van der Waals surface area contributed by atoms with Gasteiger partial charge in [0, 0.05) is 51.4 Å². The van der Waals surface area contributed by atoms with Crippen molar-refractivity contribution in [3.63, 3.8) is 0 Å². The van der Waals surface area contributed by atoms with Crippen LogP contribution in [-0.2, 0) is 19.6 Å². The monoisotopic (exact) mass is 553 g/mol. The Morgan fingerprint density at radius 2 is 1.41 bits per heavy atom. The normalized spacial score (nSPS) is 11.4. The molecule has 0 spiro atoms. The lowest BCUT2D eigenvalue weighted by atomic mass is 10.1. The molecule has 1 heterocycles. The van der Waals surface area contributed by atoms with Gasteiger partial charge in [0.05, 0.1) is 11.4 Å². The highest BCUT2D eigenvalue weighted by molar-refractivity contribution is 6.36. The van der Waals surface area contributed by atoms with Crippen molar-refractivity contribution in [2.75, 3.05) is 6.54 Å². The van der Waals surface area contributed by atoms with Crippen molar-refractivity contribution in [1.29, 1.82) is 0 Å². The lowest BCUT2D eigenvalue weighted by molar-refractivity contribution is 0.246. The summed E-state index contributed by atoms with van der Waals surface area (Å²) in [5.41, 5.74) is 5.36. The fourth-order valence-electron chi connectivity index (χ4n) is 4.56. The average Bonchev–Trinajstić information content (AvgIpc) is 3.26. The number of aromatic nitrogens is 2. The second kappa shape index (κ2) is 13.5. The average molecular weight is 555 g/mol. The van der Waals surface area contributed by atoms with Gasteiger partial charge in [0.25, 0.3) is 0 Å². The molecule has 0 unspecified atom stereocenters. The van der Waals surface area contributed by atoms with Gasteiger partial charge in [-0.1, -0.05) is 110 Å². The molecule has 0 aliphatic heterocycles. The molecule has 0 saturated carbocycles. The van der Waals surface area contributed by atoms with E-state index >= 15 is 0 Å². The molecule has 0 radical (unpaired) electrons. The number of imidazole rings is 1. The second-order valence-corrected chi connectivity index (χ2v) is 10.6. The van der Waals surface area contributed by atoms with Crippen LogP contribution in [-0.4, -0.2) is 21.0 Å². The van der Waals surface area contributed by atoms with Crippen LogP contribution in [0.2, 0.25) is 15.1 Å². The Balaban J connectivity index is 1.83. The largest absolute Gasteiger partial charge is 0.326 e. The molecule has 0 aliphatic carbocycles. The molecule has 0 fully saturated rings. The third kappa shape index (κ3) is 6.97. The highest BCUT2D eigenvalue weighted by Gasteiger charge is 2.22. The summed E-state index contributed by atoms with van der Waals surface area (Å²) in [4.78, 5) is 7.70. The van der Waals surface area contributed by atoms with Crippen molar-refractivity contribution in [3.8, 4) is 22.6 Å². The van der Waals surface area contributed by atoms with E-state index < -0.39 is 0 Å². The van der Waals surface area contributed by atoms with Crippen molar-refractivity contribution in [3.05, 3.63) is 99.1 Å². The molecule has 6 heteroatoms. The zero-order valence-electron chi connectivity index (χ0n) is 21.6. The molecular formula is C31H34Cl3N3. The van der Waals surface area contributed by atoms with E-state index in [9.17, 15) is 0 Å². The van der Waals surface area contributed by atoms with Gasteiger partial charge in [-0.3, -0.25) is 4.90 Å². The molecule has 3 aromatic carbocycles. The summed E-state index contributed by atoms with van der Waals surface area (Å²) in [5, 5.41) is 2.13. The molecule has 0 atom stereocenters. The molecule has 0 aliphatic rings. The lowest BCUT2D eigenvalue weighted by Crippen LogP contribution is -2.26. The van der Waals surface area contributed by atoms with Crippen molar-refractivity contribution >= 4 is 34.8 Å². The van der Waals surface area contributed by atoms with Gasteiger partial charge in [0.1, 0.15) is 5.82 Å². The van der Waals surface area contributed by atoms with E-state index in [1.165, 1.54) is 5.69 Å². The molecule has 1 aromatic heterocycles.